The second-order valence-electron chi connectivity index (χ2n) is 6.44. The van der Waals surface area contributed by atoms with E-state index in [1.807, 2.05) is 37.3 Å². The van der Waals surface area contributed by atoms with E-state index in [0.717, 1.165) is 35.4 Å². The molecule has 0 aromatic heterocycles. The van der Waals surface area contributed by atoms with Crippen LogP contribution in [-0.4, -0.2) is 27.1 Å². The van der Waals surface area contributed by atoms with Crippen molar-refractivity contribution in [3.05, 3.63) is 59.2 Å². The number of sulfonamides is 1. The van der Waals surface area contributed by atoms with Gasteiger partial charge in [-0.1, -0.05) is 24.3 Å². The van der Waals surface area contributed by atoms with Gasteiger partial charge in [0.15, 0.2) is 0 Å². The zero-order valence-corrected chi connectivity index (χ0v) is 15.3. The molecule has 1 aliphatic rings. The number of rotatable bonds is 5. The number of anilines is 2. The minimum Gasteiger partial charge on any atom is -0.325 e. The molecule has 0 spiro atoms. The van der Waals surface area contributed by atoms with Crippen molar-refractivity contribution in [3.8, 4) is 0 Å². The van der Waals surface area contributed by atoms with Crippen molar-refractivity contribution in [2.45, 2.75) is 26.2 Å². The fourth-order valence-corrected chi connectivity index (χ4v) is 4.12. The Bertz CT molecular complexity index is 907. The molecule has 25 heavy (non-hydrogen) atoms. The predicted molar refractivity (Wildman–Crippen MR) is 100 cm³/mol. The molecular weight excluding hydrogens is 336 g/mol. The lowest BCUT2D eigenvalue weighted by Crippen LogP contribution is -2.37. The van der Waals surface area contributed by atoms with Crippen molar-refractivity contribution in [2.75, 3.05) is 22.4 Å². The summed E-state index contributed by atoms with van der Waals surface area (Å²) in [6.07, 6.45) is 4.36. The monoisotopic (exact) mass is 358 g/mol. The highest BCUT2D eigenvalue weighted by Gasteiger charge is 2.22. The van der Waals surface area contributed by atoms with Crippen molar-refractivity contribution >= 4 is 27.3 Å². The van der Waals surface area contributed by atoms with Crippen LogP contribution in [0.5, 0.6) is 0 Å². The van der Waals surface area contributed by atoms with Crippen molar-refractivity contribution in [1.82, 2.24) is 0 Å². The molecule has 1 N–H and O–H groups in total. The van der Waals surface area contributed by atoms with Gasteiger partial charge >= 0.3 is 0 Å². The van der Waals surface area contributed by atoms with Crippen LogP contribution in [0.4, 0.5) is 11.4 Å². The molecule has 3 rings (SSSR count). The number of nitrogens with one attached hydrogen (secondary N) is 1. The van der Waals surface area contributed by atoms with Crippen molar-refractivity contribution in [1.29, 1.82) is 0 Å². The molecule has 0 unspecified atom stereocenters. The summed E-state index contributed by atoms with van der Waals surface area (Å²) < 4.78 is 25.5. The van der Waals surface area contributed by atoms with E-state index in [4.69, 9.17) is 0 Å². The van der Waals surface area contributed by atoms with Crippen molar-refractivity contribution < 1.29 is 13.2 Å². The number of benzene rings is 2. The van der Waals surface area contributed by atoms with E-state index in [1.54, 1.807) is 12.1 Å². The van der Waals surface area contributed by atoms with Gasteiger partial charge in [0.05, 0.1) is 11.9 Å². The average Bonchev–Trinajstić information content (AvgIpc) is 3.00. The molecule has 0 aliphatic heterocycles. The molecule has 6 heteroatoms. The van der Waals surface area contributed by atoms with Gasteiger partial charge in [0.1, 0.15) is 6.54 Å². The summed E-state index contributed by atoms with van der Waals surface area (Å²) in [6, 6.07) is 13.0. The number of carbonyl (C=O) groups is 1. The molecule has 0 fully saturated rings. The molecule has 0 bridgehead atoms. The Labute approximate surface area is 148 Å². The standard InChI is InChI=1S/C19H22N2O3S/c1-14-6-3-4-9-18(14)21(25(2,23)24)13-19(22)20-17-11-10-15-7-5-8-16(15)12-17/h3-4,6,9-12H,5,7-8,13H2,1-2H3,(H,20,22). The fourth-order valence-electron chi connectivity index (χ4n) is 3.20. The molecule has 0 saturated heterocycles. The zero-order chi connectivity index (χ0) is 18.0. The normalized spacial score (nSPS) is 13.4. The molecule has 0 heterocycles. The van der Waals surface area contributed by atoms with Gasteiger partial charge in [-0.3, -0.25) is 9.10 Å². The number of nitrogens with zero attached hydrogens (tertiary/aromatic N) is 1. The Morgan fingerprint density at radius 1 is 1.12 bits per heavy atom. The third-order valence-corrected chi connectivity index (χ3v) is 5.58. The molecule has 0 saturated carbocycles. The SMILES string of the molecule is Cc1ccccc1N(CC(=O)Nc1ccc2c(c1)CCC2)S(C)(=O)=O. The maximum Gasteiger partial charge on any atom is 0.245 e. The Balaban J connectivity index is 1.78. The van der Waals surface area contributed by atoms with E-state index in [-0.39, 0.29) is 12.5 Å². The van der Waals surface area contributed by atoms with Gasteiger partial charge in [0, 0.05) is 5.69 Å². The van der Waals surface area contributed by atoms with Crippen LogP contribution in [0.2, 0.25) is 0 Å². The first-order valence-electron chi connectivity index (χ1n) is 8.29. The topological polar surface area (TPSA) is 66.5 Å². The summed E-state index contributed by atoms with van der Waals surface area (Å²) in [4.78, 5) is 12.4. The van der Waals surface area contributed by atoms with E-state index in [1.165, 1.54) is 11.1 Å². The van der Waals surface area contributed by atoms with Crippen LogP contribution in [0.15, 0.2) is 42.5 Å². The first kappa shape index (κ1) is 17.5. The van der Waals surface area contributed by atoms with Crippen LogP contribution in [0, 0.1) is 6.92 Å². The van der Waals surface area contributed by atoms with E-state index in [2.05, 4.69) is 5.32 Å². The molecule has 2 aromatic carbocycles. The van der Waals surface area contributed by atoms with E-state index in [9.17, 15) is 13.2 Å². The third-order valence-electron chi connectivity index (χ3n) is 4.45. The zero-order valence-electron chi connectivity index (χ0n) is 14.5. The van der Waals surface area contributed by atoms with E-state index in [0.29, 0.717) is 11.4 Å². The van der Waals surface area contributed by atoms with Crippen LogP contribution >= 0.6 is 0 Å². The summed E-state index contributed by atoms with van der Waals surface area (Å²) in [6.45, 7) is 1.58. The number of hydrogen-bond donors (Lipinski definition) is 1. The van der Waals surface area contributed by atoms with E-state index < -0.39 is 10.0 Å². The number of hydrogen-bond acceptors (Lipinski definition) is 3. The number of aryl methyl sites for hydroxylation is 3. The lowest BCUT2D eigenvalue weighted by Gasteiger charge is -2.23. The van der Waals surface area contributed by atoms with Crippen LogP contribution in [0.1, 0.15) is 23.1 Å². The van der Waals surface area contributed by atoms with Crippen LogP contribution in [-0.2, 0) is 27.7 Å². The number of carbonyl (C=O) groups excluding carboxylic acids is 1. The number of para-hydroxylation sites is 1. The van der Waals surface area contributed by atoms with Crippen LogP contribution in [0.3, 0.4) is 0 Å². The molecular formula is C19H22N2O3S. The smallest absolute Gasteiger partial charge is 0.245 e. The molecule has 0 atom stereocenters. The minimum absolute atomic E-state index is 0.249. The van der Waals surface area contributed by atoms with Gasteiger partial charge in [0.25, 0.3) is 0 Å². The van der Waals surface area contributed by atoms with Crippen molar-refractivity contribution in [3.63, 3.8) is 0 Å². The highest BCUT2D eigenvalue weighted by molar-refractivity contribution is 7.92. The molecule has 0 radical (unpaired) electrons. The second-order valence-corrected chi connectivity index (χ2v) is 8.35. The van der Waals surface area contributed by atoms with Gasteiger partial charge in [-0.05, 0) is 61.1 Å². The first-order chi connectivity index (χ1) is 11.8. The van der Waals surface area contributed by atoms with Gasteiger partial charge < -0.3 is 5.32 Å². The summed E-state index contributed by atoms with van der Waals surface area (Å²) in [5.41, 5.74) is 4.63. The van der Waals surface area contributed by atoms with Gasteiger partial charge in [0.2, 0.25) is 15.9 Å². The maximum atomic E-state index is 12.4. The average molecular weight is 358 g/mol. The van der Waals surface area contributed by atoms with Gasteiger partial charge in [-0.25, -0.2) is 8.42 Å². The fraction of sp³-hybridized carbons (Fsp3) is 0.316. The summed E-state index contributed by atoms with van der Waals surface area (Å²) in [7, 11) is -3.56. The Morgan fingerprint density at radius 2 is 1.84 bits per heavy atom. The molecule has 132 valence electrons. The van der Waals surface area contributed by atoms with Crippen molar-refractivity contribution in [2.24, 2.45) is 0 Å². The van der Waals surface area contributed by atoms with Crippen LogP contribution in [0.25, 0.3) is 0 Å². The predicted octanol–water partition coefficient (Wildman–Crippen LogP) is 2.89. The van der Waals surface area contributed by atoms with Gasteiger partial charge in [-0.2, -0.15) is 0 Å². The lowest BCUT2D eigenvalue weighted by molar-refractivity contribution is -0.114. The number of amides is 1. The summed E-state index contributed by atoms with van der Waals surface area (Å²) >= 11 is 0. The summed E-state index contributed by atoms with van der Waals surface area (Å²) in [5.74, 6) is -0.355. The highest BCUT2D eigenvalue weighted by atomic mass is 32.2. The minimum atomic E-state index is -3.56. The highest BCUT2D eigenvalue weighted by Crippen LogP contribution is 2.25. The lowest BCUT2D eigenvalue weighted by atomic mass is 10.1. The molecule has 1 amide bonds. The quantitative estimate of drug-likeness (QED) is 0.894. The first-order valence-corrected chi connectivity index (χ1v) is 10.1. The number of fused-ring (bicyclic) bond motifs is 1. The third kappa shape index (κ3) is 4.02. The molecule has 2 aromatic rings. The molecule has 5 nitrogen and oxygen atoms in total. The largest absolute Gasteiger partial charge is 0.325 e. The van der Waals surface area contributed by atoms with Crippen LogP contribution < -0.4 is 9.62 Å². The second kappa shape index (κ2) is 6.88. The van der Waals surface area contributed by atoms with Gasteiger partial charge in [-0.15, -0.1) is 0 Å². The Morgan fingerprint density at radius 3 is 2.56 bits per heavy atom. The summed E-state index contributed by atoms with van der Waals surface area (Å²) in [5, 5.41) is 2.82. The Kier molecular flexibility index (Phi) is 4.81. The van der Waals surface area contributed by atoms with E-state index >= 15 is 0 Å². The Hall–Kier alpha value is -2.34. The maximum absolute atomic E-state index is 12.4. The molecule has 1 aliphatic carbocycles.